The summed E-state index contributed by atoms with van der Waals surface area (Å²) in [6.45, 7) is 0.116. The molecule has 1 unspecified atom stereocenters. The molecule has 1 atom stereocenters. The van der Waals surface area contributed by atoms with Crippen molar-refractivity contribution < 1.29 is 10.2 Å². The molecule has 0 spiro atoms. The first-order valence-corrected chi connectivity index (χ1v) is 3.21. The van der Waals surface area contributed by atoms with Crippen LogP contribution in [-0.4, -0.2) is 38.1 Å². The minimum absolute atomic E-state index is 0.116. The van der Waals surface area contributed by atoms with Crippen LogP contribution in [0.3, 0.4) is 0 Å². The Labute approximate surface area is 45.2 Å². The molecule has 0 aliphatic carbocycles. The lowest BCUT2D eigenvalue weighted by Crippen LogP contribution is -2.06. The Kier molecular flexibility index (Phi) is 3.91. The van der Waals surface area contributed by atoms with E-state index >= 15 is 0 Å². The summed E-state index contributed by atoms with van der Waals surface area (Å²) in [5.74, 6) is 0. The summed E-state index contributed by atoms with van der Waals surface area (Å²) < 4.78 is 0. The van der Waals surface area contributed by atoms with Crippen LogP contribution >= 0.6 is 0 Å². The van der Waals surface area contributed by atoms with Crippen LogP contribution in [0.4, 0.5) is 0 Å². The molecule has 0 aromatic heterocycles. The summed E-state index contributed by atoms with van der Waals surface area (Å²) >= 11 is 0.774. The summed E-state index contributed by atoms with van der Waals surface area (Å²) in [5.41, 5.74) is 0. The SMILES string of the molecule is OCC[CH](O)[AlH2]. The number of aliphatic hydroxyl groups excluding tert-OH is 2. The smallest absolute Gasteiger partial charge is 0.258 e. The molecule has 0 radical (unpaired) electrons. The molecule has 0 amide bonds. The lowest BCUT2D eigenvalue weighted by Gasteiger charge is -1.95. The second kappa shape index (κ2) is 3.64. The maximum Gasteiger partial charge on any atom is 0.258 e. The van der Waals surface area contributed by atoms with Crippen LogP contribution in [-0.2, 0) is 0 Å². The molecule has 0 aliphatic rings. The van der Waals surface area contributed by atoms with Gasteiger partial charge in [-0.05, 0) is 11.4 Å². The van der Waals surface area contributed by atoms with Crippen molar-refractivity contribution in [2.45, 2.75) is 11.4 Å². The summed E-state index contributed by atoms with van der Waals surface area (Å²) in [4.78, 5) is -0.213. The average molecular weight is 104 g/mol. The van der Waals surface area contributed by atoms with Gasteiger partial charge in [-0.3, -0.25) is 0 Å². The normalized spacial score (nSPS) is 14.3. The zero-order valence-corrected chi connectivity index (χ0v) is 5.89. The first-order chi connectivity index (χ1) is 2.77. The molecule has 0 aromatic rings. The zero-order chi connectivity index (χ0) is 4.99. The van der Waals surface area contributed by atoms with E-state index in [1.165, 1.54) is 0 Å². The molecule has 36 valence electrons. The molecule has 0 aromatic carbocycles. The van der Waals surface area contributed by atoms with E-state index in [1.807, 2.05) is 0 Å². The van der Waals surface area contributed by atoms with Crippen molar-refractivity contribution >= 4 is 16.3 Å². The maximum atomic E-state index is 8.45. The van der Waals surface area contributed by atoms with Gasteiger partial charge in [-0.25, -0.2) is 0 Å². The molecule has 0 saturated carbocycles. The standard InChI is InChI=1S/C3H7O2.Al.2H/c4-2-1-3-5;;;/h2,4-5H,1,3H2;;;. The van der Waals surface area contributed by atoms with E-state index in [-0.39, 0.29) is 11.6 Å². The lowest BCUT2D eigenvalue weighted by atomic mass is 10.5. The van der Waals surface area contributed by atoms with Crippen LogP contribution in [0.2, 0.25) is 0 Å². The van der Waals surface area contributed by atoms with Gasteiger partial charge in [0.25, 0.3) is 16.3 Å². The first kappa shape index (κ1) is 6.45. The summed E-state index contributed by atoms with van der Waals surface area (Å²) in [6, 6.07) is 0. The van der Waals surface area contributed by atoms with Gasteiger partial charge >= 0.3 is 0 Å². The number of aliphatic hydroxyl groups is 2. The molecule has 0 aliphatic heterocycles. The Bertz CT molecular complexity index is 30.0. The highest BCUT2D eigenvalue weighted by Gasteiger charge is 1.89. The highest BCUT2D eigenvalue weighted by molar-refractivity contribution is 6.10. The quantitative estimate of drug-likeness (QED) is 0.411. The van der Waals surface area contributed by atoms with Gasteiger partial charge in [0.15, 0.2) is 0 Å². The van der Waals surface area contributed by atoms with E-state index < -0.39 is 0 Å². The van der Waals surface area contributed by atoms with Crippen LogP contribution in [0.1, 0.15) is 6.42 Å². The van der Waals surface area contributed by atoms with Crippen molar-refractivity contribution in [3.05, 3.63) is 0 Å². The predicted molar refractivity (Wildman–Crippen MR) is 26.3 cm³/mol. The Morgan fingerprint density at radius 2 is 2.17 bits per heavy atom. The second-order valence-electron chi connectivity index (χ2n) is 1.36. The molecule has 2 nitrogen and oxygen atoms in total. The van der Waals surface area contributed by atoms with E-state index in [9.17, 15) is 0 Å². The fraction of sp³-hybridized carbons (Fsp3) is 1.00. The van der Waals surface area contributed by atoms with Crippen molar-refractivity contribution in [3.8, 4) is 0 Å². The average Bonchev–Trinajstić information content (AvgIpc) is 1.35. The Morgan fingerprint density at radius 1 is 1.67 bits per heavy atom. The molecule has 0 heterocycles. The topological polar surface area (TPSA) is 40.5 Å². The third kappa shape index (κ3) is 4.45. The second-order valence-corrected chi connectivity index (χ2v) is 2.69. The van der Waals surface area contributed by atoms with Gasteiger partial charge in [-0.1, -0.05) is 0 Å². The van der Waals surface area contributed by atoms with Gasteiger partial charge in [-0.2, -0.15) is 0 Å². The van der Waals surface area contributed by atoms with Crippen LogP contribution in [0, 0.1) is 0 Å². The molecule has 2 N–H and O–H groups in total. The van der Waals surface area contributed by atoms with Crippen LogP contribution in [0.25, 0.3) is 0 Å². The molecule has 6 heavy (non-hydrogen) atoms. The van der Waals surface area contributed by atoms with Crippen LogP contribution in [0.15, 0.2) is 0 Å². The molecule has 0 rings (SSSR count). The molecular weight excluding hydrogens is 95.0 g/mol. The molecule has 0 bridgehead atoms. The van der Waals surface area contributed by atoms with Crippen molar-refractivity contribution in [3.63, 3.8) is 0 Å². The van der Waals surface area contributed by atoms with E-state index in [0.717, 1.165) is 16.3 Å². The Hall–Kier alpha value is 0.452. The van der Waals surface area contributed by atoms with E-state index in [1.54, 1.807) is 0 Å². The first-order valence-electron chi connectivity index (χ1n) is 2.06. The predicted octanol–water partition coefficient (Wildman–Crippen LogP) is -1.68. The number of rotatable bonds is 2. The Morgan fingerprint density at radius 3 is 2.17 bits per heavy atom. The summed E-state index contributed by atoms with van der Waals surface area (Å²) in [5, 5.41) is 16.6. The summed E-state index contributed by atoms with van der Waals surface area (Å²) in [6.07, 6.45) is 0.548. The van der Waals surface area contributed by atoms with Gasteiger partial charge in [0.05, 0.1) is 0 Å². The fourth-order valence-electron chi connectivity index (χ4n) is 0.187. The van der Waals surface area contributed by atoms with Crippen molar-refractivity contribution in [1.82, 2.24) is 0 Å². The minimum Gasteiger partial charge on any atom is -0.409 e. The largest absolute Gasteiger partial charge is 0.409 e. The number of hydrogen-bond donors (Lipinski definition) is 2. The number of hydrogen-bond acceptors (Lipinski definition) is 2. The molecule has 0 fully saturated rings. The third-order valence-corrected chi connectivity index (χ3v) is 1.12. The van der Waals surface area contributed by atoms with Crippen molar-refractivity contribution in [1.29, 1.82) is 0 Å². The molecular formula is C3H9AlO2. The highest BCUT2D eigenvalue weighted by Crippen LogP contribution is 1.78. The molecule has 3 heteroatoms. The Balaban J connectivity index is 2.63. The lowest BCUT2D eigenvalue weighted by molar-refractivity contribution is 0.193. The van der Waals surface area contributed by atoms with Crippen molar-refractivity contribution in [2.24, 2.45) is 0 Å². The molecule has 0 saturated heterocycles. The maximum absolute atomic E-state index is 8.45. The van der Waals surface area contributed by atoms with E-state index in [2.05, 4.69) is 0 Å². The van der Waals surface area contributed by atoms with Gasteiger partial charge < -0.3 is 10.2 Å². The minimum atomic E-state index is -0.213. The highest BCUT2D eigenvalue weighted by atomic mass is 27.0. The monoisotopic (exact) mass is 104 g/mol. The third-order valence-electron chi connectivity index (χ3n) is 0.547. The van der Waals surface area contributed by atoms with Gasteiger partial charge in [-0.15, -0.1) is 0 Å². The van der Waals surface area contributed by atoms with E-state index in [4.69, 9.17) is 10.2 Å². The van der Waals surface area contributed by atoms with Gasteiger partial charge in [0.1, 0.15) is 0 Å². The van der Waals surface area contributed by atoms with Gasteiger partial charge in [0, 0.05) is 6.61 Å². The van der Waals surface area contributed by atoms with Gasteiger partial charge in [0.2, 0.25) is 0 Å². The van der Waals surface area contributed by atoms with E-state index in [0.29, 0.717) is 6.42 Å². The van der Waals surface area contributed by atoms with Crippen LogP contribution in [0.5, 0.6) is 0 Å². The zero-order valence-electron chi connectivity index (χ0n) is 3.89. The van der Waals surface area contributed by atoms with Crippen molar-refractivity contribution in [2.75, 3.05) is 6.61 Å². The van der Waals surface area contributed by atoms with Crippen LogP contribution < -0.4 is 0 Å². The summed E-state index contributed by atoms with van der Waals surface area (Å²) in [7, 11) is 0. The fourth-order valence-corrected chi connectivity index (χ4v) is 0.445.